The highest BCUT2D eigenvalue weighted by atomic mass is 127. The summed E-state index contributed by atoms with van der Waals surface area (Å²) in [5.41, 5.74) is 0. The molecule has 3 nitrogen and oxygen atoms in total. The quantitative estimate of drug-likeness (QED) is 0.586. The zero-order chi connectivity index (χ0) is 7.40. The van der Waals surface area contributed by atoms with Gasteiger partial charge in [0.15, 0.2) is 0 Å². The third kappa shape index (κ3) is 2.69. The van der Waals surface area contributed by atoms with E-state index in [1.165, 1.54) is 0 Å². The lowest BCUT2D eigenvalue weighted by Crippen LogP contribution is -2.31. The van der Waals surface area contributed by atoms with E-state index in [4.69, 9.17) is 14.6 Å². The van der Waals surface area contributed by atoms with Gasteiger partial charge in [-0.25, -0.2) is 0 Å². The smallest absolute Gasteiger partial charge is 0.269 e. The minimum absolute atomic E-state index is 0.472. The zero-order valence-electron chi connectivity index (χ0n) is 5.62. The Kier molecular flexibility index (Phi) is 3.90. The van der Waals surface area contributed by atoms with E-state index in [1.54, 1.807) is 0 Å². The van der Waals surface area contributed by atoms with E-state index in [0.717, 1.165) is 10.8 Å². The summed E-state index contributed by atoms with van der Waals surface area (Å²) in [6.07, 6.45) is 1.10. The number of ether oxygens (including phenoxy) is 2. The van der Waals surface area contributed by atoms with Crippen LogP contribution in [0, 0.1) is 5.92 Å². The second-order valence-electron chi connectivity index (χ2n) is 2.32. The first kappa shape index (κ1) is 8.70. The fourth-order valence-electron chi connectivity index (χ4n) is 0.854. The van der Waals surface area contributed by atoms with Crippen LogP contribution in [0.4, 0.5) is 0 Å². The fraction of sp³-hybridized carbons (Fsp3) is 1.00. The van der Waals surface area contributed by atoms with Crippen LogP contribution in [0.25, 0.3) is 0 Å². The molecule has 0 radical (unpaired) electrons. The van der Waals surface area contributed by atoms with Crippen LogP contribution in [-0.4, -0.2) is 29.2 Å². The number of aliphatic hydroxyl groups excluding tert-OH is 1. The molecule has 0 aromatic heterocycles. The third-order valence-corrected chi connectivity index (χ3v) is 2.09. The Morgan fingerprint density at radius 2 is 2.00 bits per heavy atom. The highest BCUT2D eigenvalue weighted by molar-refractivity contribution is 14.1. The van der Waals surface area contributed by atoms with Gasteiger partial charge in [-0.3, -0.25) is 0 Å². The maximum absolute atomic E-state index is 8.75. The summed E-state index contributed by atoms with van der Waals surface area (Å²) in [4.78, 5) is 0. The molecule has 1 heterocycles. The summed E-state index contributed by atoms with van der Waals surface area (Å²) < 4.78 is 10.9. The molecule has 60 valence electrons. The van der Waals surface area contributed by atoms with Crippen LogP contribution >= 0.6 is 22.6 Å². The highest BCUT2D eigenvalue weighted by Gasteiger charge is 2.18. The van der Waals surface area contributed by atoms with Crippen molar-refractivity contribution in [3.8, 4) is 0 Å². The van der Waals surface area contributed by atoms with Gasteiger partial charge in [0.05, 0.1) is 13.2 Å². The Morgan fingerprint density at radius 1 is 1.40 bits per heavy atom. The minimum atomic E-state index is -0.981. The van der Waals surface area contributed by atoms with Gasteiger partial charge in [-0.2, -0.15) is 0 Å². The molecule has 1 fully saturated rings. The molecule has 0 bridgehead atoms. The normalized spacial score (nSPS) is 34.2. The Labute approximate surface area is 73.8 Å². The molecule has 0 spiro atoms. The molecule has 0 aromatic carbocycles. The van der Waals surface area contributed by atoms with Crippen molar-refractivity contribution in [3.63, 3.8) is 0 Å². The number of hydrogen-bond acceptors (Lipinski definition) is 3. The first-order valence-corrected chi connectivity index (χ1v) is 4.82. The van der Waals surface area contributed by atoms with Crippen LogP contribution in [-0.2, 0) is 9.47 Å². The average molecular weight is 258 g/mol. The first-order valence-electron chi connectivity index (χ1n) is 3.30. The molecule has 0 saturated carbocycles. The molecular weight excluding hydrogens is 247 g/mol. The first-order chi connectivity index (χ1) is 4.83. The van der Waals surface area contributed by atoms with Gasteiger partial charge in [0.2, 0.25) is 0 Å². The van der Waals surface area contributed by atoms with E-state index in [2.05, 4.69) is 22.6 Å². The molecule has 1 aliphatic rings. The zero-order valence-corrected chi connectivity index (χ0v) is 7.78. The monoisotopic (exact) mass is 258 g/mol. The summed E-state index contributed by atoms with van der Waals surface area (Å²) in [7, 11) is 0. The maximum Gasteiger partial charge on any atom is 0.269 e. The fourth-order valence-corrected chi connectivity index (χ4v) is 1.73. The topological polar surface area (TPSA) is 38.7 Å². The van der Waals surface area contributed by atoms with Gasteiger partial charge in [0, 0.05) is 5.92 Å². The molecule has 0 unspecified atom stereocenters. The highest BCUT2D eigenvalue weighted by Crippen LogP contribution is 2.13. The van der Waals surface area contributed by atoms with Crippen LogP contribution in [0.3, 0.4) is 0 Å². The summed E-state index contributed by atoms with van der Waals surface area (Å²) >= 11 is 2.32. The summed E-state index contributed by atoms with van der Waals surface area (Å²) in [5.74, 6) is 0.472. The summed E-state index contributed by atoms with van der Waals surface area (Å²) in [5, 5.41) is 8.75. The Bertz CT molecular complexity index is 91.0. The van der Waals surface area contributed by atoms with Crippen molar-refractivity contribution in [1.82, 2.24) is 0 Å². The molecule has 10 heavy (non-hydrogen) atoms. The maximum atomic E-state index is 8.75. The number of aliphatic hydroxyl groups is 1. The number of alkyl halides is 1. The van der Waals surface area contributed by atoms with Gasteiger partial charge < -0.3 is 14.6 Å². The lowest BCUT2D eigenvalue weighted by atomic mass is 10.1. The summed E-state index contributed by atoms with van der Waals surface area (Å²) in [6, 6.07) is 0. The van der Waals surface area contributed by atoms with Gasteiger partial charge in [-0.1, -0.05) is 22.6 Å². The molecule has 1 aliphatic heterocycles. The molecule has 0 amide bonds. The number of hydrogen-bond donors (Lipinski definition) is 1. The van der Waals surface area contributed by atoms with E-state index in [1.807, 2.05) is 0 Å². The molecule has 4 heteroatoms. The second-order valence-corrected chi connectivity index (χ2v) is 3.40. The van der Waals surface area contributed by atoms with E-state index in [9.17, 15) is 0 Å². The van der Waals surface area contributed by atoms with Gasteiger partial charge in [0.1, 0.15) is 0 Å². The van der Waals surface area contributed by atoms with Crippen molar-refractivity contribution in [1.29, 1.82) is 0 Å². The average Bonchev–Trinajstić information content (AvgIpc) is 1.95. The Hall–Kier alpha value is 0.610. The van der Waals surface area contributed by atoms with Crippen molar-refractivity contribution in [2.24, 2.45) is 5.92 Å². The molecule has 1 N–H and O–H groups in total. The van der Waals surface area contributed by atoms with Gasteiger partial charge in [0.25, 0.3) is 6.48 Å². The van der Waals surface area contributed by atoms with Gasteiger partial charge in [-0.05, 0) is 10.8 Å². The molecular formula is C6H11IO3. The van der Waals surface area contributed by atoms with E-state index >= 15 is 0 Å². The molecule has 1 saturated heterocycles. The SMILES string of the molecule is OC1OCC(CCI)CO1. The van der Waals surface area contributed by atoms with Crippen molar-refractivity contribution in [3.05, 3.63) is 0 Å². The van der Waals surface area contributed by atoms with Crippen LogP contribution < -0.4 is 0 Å². The molecule has 1 rings (SSSR count). The van der Waals surface area contributed by atoms with Crippen molar-refractivity contribution in [2.75, 3.05) is 17.6 Å². The second kappa shape index (κ2) is 4.48. The largest absolute Gasteiger partial charge is 0.346 e. The molecule has 0 aliphatic carbocycles. The lowest BCUT2D eigenvalue weighted by Gasteiger charge is -2.25. The third-order valence-electron chi connectivity index (χ3n) is 1.47. The van der Waals surface area contributed by atoms with Gasteiger partial charge in [-0.15, -0.1) is 0 Å². The van der Waals surface area contributed by atoms with Crippen LogP contribution in [0.5, 0.6) is 0 Å². The van der Waals surface area contributed by atoms with Crippen molar-refractivity contribution < 1.29 is 14.6 Å². The van der Waals surface area contributed by atoms with E-state index in [0.29, 0.717) is 19.1 Å². The molecule has 0 aromatic rings. The van der Waals surface area contributed by atoms with Crippen molar-refractivity contribution in [2.45, 2.75) is 12.9 Å². The Balaban J connectivity index is 2.13. The lowest BCUT2D eigenvalue weighted by molar-refractivity contribution is -0.301. The van der Waals surface area contributed by atoms with Crippen LogP contribution in [0.2, 0.25) is 0 Å². The van der Waals surface area contributed by atoms with E-state index in [-0.39, 0.29) is 0 Å². The van der Waals surface area contributed by atoms with Crippen molar-refractivity contribution >= 4 is 22.6 Å². The number of halogens is 1. The Morgan fingerprint density at radius 3 is 2.50 bits per heavy atom. The standard InChI is InChI=1S/C6H11IO3/c7-2-1-5-3-9-6(8)10-4-5/h5-6,8H,1-4H2. The van der Waals surface area contributed by atoms with Gasteiger partial charge >= 0.3 is 0 Å². The minimum Gasteiger partial charge on any atom is -0.346 e. The van der Waals surface area contributed by atoms with Crippen LogP contribution in [0.1, 0.15) is 6.42 Å². The number of rotatable bonds is 2. The predicted molar refractivity (Wildman–Crippen MR) is 44.9 cm³/mol. The summed E-state index contributed by atoms with van der Waals surface area (Å²) in [6.45, 7) is 0.277. The molecule has 0 atom stereocenters. The predicted octanol–water partition coefficient (Wildman–Crippen LogP) is 0.750. The van der Waals surface area contributed by atoms with Crippen LogP contribution in [0.15, 0.2) is 0 Å². The van der Waals surface area contributed by atoms with E-state index < -0.39 is 6.48 Å².